The van der Waals surface area contributed by atoms with Crippen molar-refractivity contribution >= 4 is 39.5 Å². The van der Waals surface area contributed by atoms with Crippen LogP contribution in [0.5, 0.6) is 0 Å². The summed E-state index contributed by atoms with van der Waals surface area (Å²) in [6.45, 7) is 0. The maximum absolute atomic E-state index is 6.29. The Morgan fingerprint density at radius 1 is 1.10 bits per heavy atom. The van der Waals surface area contributed by atoms with E-state index in [9.17, 15) is 0 Å². The summed E-state index contributed by atoms with van der Waals surface area (Å²) in [5.74, 6) is 9.48. The van der Waals surface area contributed by atoms with Crippen LogP contribution in [0.25, 0.3) is 22.8 Å². The SMILES string of the molecule is Nn1c(SCC2CSc3nnc(-c4cccnc4)n32)nnc1-c1ccccc1Br. The van der Waals surface area contributed by atoms with Gasteiger partial charge < -0.3 is 5.84 Å². The number of hydrogen-bond donors (Lipinski definition) is 1. The van der Waals surface area contributed by atoms with E-state index in [0.717, 1.165) is 38.1 Å². The van der Waals surface area contributed by atoms with Gasteiger partial charge in [-0.15, -0.1) is 20.4 Å². The highest BCUT2D eigenvalue weighted by Gasteiger charge is 2.29. The van der Waals surface area contributed by atoms with Crippen molar-refractivity contribution in [1.29, 1.82) is 0 Å². The zero-order chi connectivity index (χ0) is 19.8. The number of fused-ring (bicyclic) bond motifs is 1. The first-order chi connectivity index (χ1) is 14.2. The van der Waals surface area contributed by atoms with Gasteiger partial charge in [-0.3, -0.25) is 9.55 Å². The summed E-state index contributed by atoms with van der Waals surface area (Å²) >= 11 is 6.83. The number of benzene rings is 1. The van der Waals surface area contributed by atoms with Crippen LogP contribution in [0.15, 0.2) is 63.6 Å². The van der Waals surface area contributed by atoms with Gasteiger partial charge in [0.15, 0.2) is 16.8 Å². The molecule has 0 aliphatic carbocycles. The van der Waals surface area contributed by atoms with Crippen LogP contribution in [-0.2, 0) is 0 Å². The van der Waals surface area contributed by atoms with Gasteiger partial charge in [-0.05, 0) is 24.3 Å². The van der Waals surface area contributed by atoms with E-state index in [1.54, 1.807) is 34.4 Å². The minimum atomic E-state index is 0.230. The zero-order valence-electron chi connectivity index (χ0n) is 15.0. The number of hydrogen-bond acceptors (Lipinski definition) is 8. The molecule has 0 spiro atoms. The normalized spacial score (nSPS) is 15.6. The molecule has 11 heteroatoms. The van der Waals surface area contributed by atoms with E-state index in [-0.39, 0.29) is 6.04 Å². The number of nitrogens with zero attached hydrogens (tertiary/aromatic N) is 7. The van der Waals surface area contributed by atoms with Gasteiger partial charge in [-0.25, -0.2) is 4.68 Å². The van der Waals surface area contributed by atoms with Crippen LogP contribution in [0.3, 0.4) is 0 Å². The lowest BCUT2D eigenvalue weighted by atomic mass is 10.2. The lowest BCUT2D eigenvalue weighted by Crippen LogP contribution is -2.14. The van der Waals surface area contributed by atoms with Gasteiger partial charge in [0.25, 0.3) is 0 Å². The maximum atomic E-state index is 6.29. The average Bonchev–Trinajstić information content (AvgIpc) is 3.44. The van der Waals surface area contributed by atoms with E-state index in [1.165, 1.54) is 0 Å². The molecule has 0 bridgehead atoms. The molecule has 0 fully saturated rings. The third-order valence-corrected chi connectivity index (χ3v) is 7.41. The summed E-state index contributed by atoms with van der Waals surface area (Å²) < 4.78 is 4.65. The third-order valence-electron chi connectivity index (χ3n) is 4.54. The summed E-state index contributed by atoms with van der Waals surface area (Å²) in [4.78, 5) is 4.20. The van der Waals surface area contributed by atoms with Crippen molar-refractivity contribution < 1.29 is 0 Å². The van der Waals surface area contributed by atoms with Crippen LogP contribution >= 0.6 is 39.5 Å². The Morgan fingerprint density at radius 3 is 2.79 bits per heavy atom. The number of halogens is 1. The second kappa shape index (κ2) is 7.81. The number of pyridine rings is 1. The number of rotatable bonds is 5. The first-order valence-corrected chi connectivity index (χ1v) is 11.5. The Hall–Kier alpha value is -2.37. The summed E-state index contributed by atoms with van der Waals surface area (Å²) in [6.07, 6.45) is 3.56. The molecule has 1 aliphatic rings. The highest BCUT2D eigenvalue weighted by Crippen LogP contribution is 2.38. The monoisotopic (exact) mass is 486 g/mol. The molecule has 146 valence electrons. The number of nitrogens with two attached hydrogens (primary N) is 1. The Morgan fingerprint density at radius 2 is 1.97 bits per heavy atom. The molecule has 3 aromatic heterocycles. The van der Waals surface area contributed by atoms with Gasteiger partial charge in [0.05, 0.1) is 6.04 Å². The predicted octanol–water partition coefficient (Wildman–Crippen LogP) is 3.51. The molecule has 1 aromatic carbocycles. The van der Waals surface area contributed by atoms with Gasteiger partial charge in [0, 0.05) is 39.5 Å². The van der Waals surface area contributed by atoms with Crippen molar-refractivity contribution in [2.45, 2.75) is 16.4 Å². The topological polar surface area (TPSA) is 100 Å². The van der Waals surface area contributed by atoms with E-state index in [4.69, 9.17) is 5.84 Å². The predicted molar refractivity (Wildman–Crippen MR) is 117 cm³/mol. The minimum absolute atomic E-state index is 0.230. The standard InChI is InChI=1S/C18H15BrN8S2/c19-14-6-2-1-5-13(14)16-23-25-18(27(16)20)29-10-12-9-28-17-24-22-15(26(12)17)11-4-3-7-21-8-11/h1-8,12H,9-10,20H2. The molecule has 29 heavy (non-hydrogen) atoms. The fraction of sp³-hybridized carbons (Fsp3) is 0.167. The second-order valence-electron chi connectivity index (χ2n) is 6.35. The highest BCUT2D eigenvalue weighted by molar-refractivity contribution is 9.10. The third kappa shape index (κ3) is 3.43. The summed E-state index contributed by atoms with van der Waals surface area (Å²) in [5.41, 5.74) is 1.87. The van der Waals surface area contributed by atoms with E-state index in [1.807, 2.05) is 42.6 Å². The van der Waals surface area contributed by atoms with Gasteiger partial charge in [0.2, 0.25) is 5.16 Å². The molecule has 1 unspecified atom stereocenters. The first kappa shape index (κ1) is 18.6. The first-order valence-electron chi connectivity index (χ1n) is 8.78. The molecule has 4 aromatic rings. The second-order valence-corrected chi connectivity index (χ2v) is 9.18. The van der Waals surface area contributed by atoms with Crippen LogP contribution in [0, 0.1) is 0 Å². The van der Waals surface area contributed by atoms with E-state index >= 15 is 0 Å². The average molecular weight is 487 g/mol. The molecule has 8 nitrogen and oxygen atoms in total. The molecule has 1 atom stereocenters. The van der Waals surface area contributed by atoms with Crippen molar-refractivity contribution in [3.8, 4) is 22.8 Å². The molecule has 5 rings (SSSR count). The number of aromatic nitrogens is 7. The molecular formula is C18H15BrN8S2. The molecule has 1 aliphatic heterocycles. The fourth-order valence-electron chi connectivity index (χ4n) is 3.14. The zero-order valence-corrected chi connectivity index (χ0v) is 18.2. The van der Waals surface area contributed by atoms with Gasteiger partial charge in [-0.1, -0.05) is 51.6 Å². The Labute approximate surface area is 183 Å². The van der Waals surface area contributed by atoms with E-state index in [2.05, 4.69) is 45.9 Å². The summed E-state index contributed by atoms with van der Waals surface area (Å²) in [7, 11) is 0. The van der Waals surface area contributed by atoms with Crippen molar-refractivity contribution in [2.24, 2.45) is 0 Å². The molecular weight excluding hydrogens is 472 g/mol. The largest absolute Gasteiger partial charge is 0.335 e. The number of nitrogen functional groups attached to an aromatic ring is 1. The van der Waals surface area contributed by atoms with Gasteiger partial charge in [0.1, 0.15) is 0 Å². The fourth-order valence-corrected chi connectivity index (χ4v) is 5.76. The van der Waals surface area contributed by atoms with Crippen molar-refractivity contribution in [3.63, 3.8) is 0 Å². The van der Waals surface area contributed by atoms with Crippen LogP contribution in [0.2, 0.25) is 0 Å². The van der Waals surface area contributed by atoms with Crippen molar-refractivity contribution in [3.05, 3.63) is 53.3 Å². The van der Waals surface area contributed by atoms with E-state index < -0.39 is 0 Å². The molecule has 0 saturated heterocycles. The Bertz CT molecular complexity index is 1160. The summed E-state index contributed by atoms with van der Waals surface area (Å²) in [5, 5.41) is 18.9. The lowest BCUT2D eigenvalue weighted by Gasteiger charge is -2.13. The quantitative estimate of drug-likeness (QED) is 0.337. The molecule has 0 radical (unpaired) electrons. The smallest absolute Gasteiger partial charge is 0.210 e. The molecule has 4 heterocycles. The van der Waals surface area contributed by atoms with Crippen LogP contribution in [0.1, 0.15) is 6.04 Å². The molecule has 2 N–H and O–H groups in total. The molecule has 0 saturated carbocycles. The van der Waals surface area contributed by atoms with Crippen LogP contribution in [-0.4, -0.2) is 46.1 Å². The van der Waals surface area contributed by atoms with Crippen molar-refractivity contribution in [1.82, 2.24) is 34.6 Å². The van der Waals surface area contributed by atoms with Gasteiger partial charge >= 0.3 is 0 Å². The Kier molecular flexibility index (Phi) is 5.02. The molecule has 0 amide bonds. The lowest BCUT2D eigenvalue weighted by molar-refractivity contribution is 0.596. The van der Waals surface area contributed by atoms with Crippen LogP contribution < -0.4 is 5.84 Å². The van der Waals surface area contributed by atoms with E-state index in [0.29, 0.717) is 11.0 Å². The summed E-state index contributed by atoms with van der Waals surface area (Å²) in [6, 6.07) is 12.0. The van der Waals surface area contributed by atoms with Crippen molar-refractivity contribution in [2.75, 3.05) is 17.3 Å². The van der Waals surface area contributed by atoms with Gasteiger partial charge in [-0.2, -0.15) is 0 Å². The minimum Gasteiger partial charge on any atom is -0.335 e. The maximum Gasteiger partial charge on any atom is 0.210 e. The highest BCUT2D eigenvalue weighted by atomic mass is 79.9. The van der Waals surface area contributed by atoms with Crippen LogP contribution in [0.4, 0.5) is 0 Å². The Balaban J connectivity index is 1.37. The number of thioether (sulfide) groups is 2.